The highest BCUT2D eigenvalue weighted by Crippen LogP contribution is 2.28. The number of rotatable bonds is 7. The van der Waals surface area contributed by atoms with Crippen molar-refractivity contribution < 1.29 is 22.7 Å². The summed E-state index contributed by atoms with van der Waals surface area (Å²) < 4.78 is 38.5. The van der Waals surface area contributed by atoms with Crippen molar-refractivity contribution in [2.45, 2.75) is 18.7 Å². The van der Waals surface area contributed by atoms with E-state index in [0.717, 1.165) is 0 Å². The van der Waals surface area contributed by atoms with Crippen molar-refractivity contribution in [2.24, 2.45) is 0 Å². The number of benzene rings is 2. The minimum atomic E-state index is -3.78. The minimum absolute atomic E-state index is 0.0774. The number of esters is 1. The first kappa shape index (κ1) is 19.3. The van der Waals surface area contributed by atoms with Crippen LogP contribution in [0.1, 0.15) is 24.2 Å². The molecule has 1 N–H and O–H groups in total. The zero-order chi connectivity index (χ0) is 18.4. The van der Waals surface area contributed by atoms with Crippen molar-refractivity contribution in [3.63, 3.8) is 0 Å². The summed E-state index contributed by atoms with van der Waals surface area (Å²) in [6.45, 7) is 4.23. The first-order valence-electron chi connectivity index (χ1n) is 7.59. The van der Waals surface area contributed by atoms with Gasteiger partial charge in [-0.1, -0.05) is 0 Å². The summed E-state index contributed by atoms with van der Waals surface area (Å²) in [7, 11) is -3.78. The molecule has 25 heavy (non-hydrogen) atoms. The van der Waals surface area contributed by atoms with Gasteiger partial charge in [-0.3, -0.25) is 4.72 Å². The summed E-state index contributed by atoms with van der Waals surface area (Å²) in [6, 6.07) is 10.6. The Bertz CT molecular complexity index is 850. The topological polar surface area (TPSA) is 81.7 Å². The van der Waals surface area contributed by atoms with Crippen LogP contribution in [0.5, 0.6) is 5.75 Å². The van der Waals surface area contributed by atoms with Crippen LogP contribution in [0.2, 0.25) is 0 Å². The molecule has 0 aliphatic carbocycles. The van der Waals surface area contributed by atoms with Crippen LogP contribution in [-0.4, -0.2) is 27.6 Å². The van der Waals surface area contributed by atoms with Crippen LogP contribution in [0.4, 0.5) is 5.69 Å². The van der Waals surface area contributed by atoms with E-state index in [4.69, 9.17) is 9.47 Å². The van der Waals surface area contributed by atoms with Crippen LogP contribution in [0.15, 0.2) is 51.8 Å². The van der Waals surface area contributed by atoms with Crippen molar-refractivity contribution in [1.29, 1.82) is 0 Å². The Labute approximate surface area is 155 Å². The van der Waals surface area contributed by atoms with Crippen LogP contribution in [0.3, 0.4) is 0 Å². The molecule has 0 aromatic heterocycles. The zero-order valence-electron chi connectivity index (χ0n) is 13.8. The van der Waals surface area contributed by atoms with Gasteiger partial charge >= 0.3 is 5.97 Å². The fraction of sp³-hybridized carbons (Fsp3) is 0.235. The standard InChI is InChI=1S/C17H18BrNO5S/c1-3-23-16-11-14(9-10-15(16)18)25(21,22)19-13-7-5-12(6-8-13)17(20)24-4-2/h5-11,19H,3-4H2,1-2H3. The number of nitrogens with one attached hydrogen (secondary N) is 1. The summed E-state index contributed by atoms with van der Waals surface area (Å²) in [5.41, 5.74) is 0.695. The van der Waals surface area contributed by atoms with Gasteiger partial charge < -0.3 is 9.47 Å². The van der Waals surface area contributed by atoms with E-state index in [1.807, 2.05) is 6.92 Å². The summed E-state index contributed by atoms with van der Waals surface area (Å²) in [5, 5.41) is 0. The highest BCUT2D eigenvalue weighted by Gasteiger charge is 2.17. The second-order valence-electron chi connectivity index (χ2n) is 4.93. The Morgan fingerprint density at radius 1 is 1.08 bits per heavy atom. The molecular formula is C17H18BrNO5S. The fourth-order valence-corrected chi connectivity index (χ4v) is 3.45. The first-order valence-corrected chi connectivity index (χ1v) is 9.87. The molecule has 0 heterocycles. The molecule has 0 aliphatic heterocycles. The van der Waals surface area contributed by atoms with Crippen molar-refractivity contribution in [3.05, 3.63) is 52.5 Å². The van der Waals surface area contributed by atoms with Crippen LogP contribution < -0.4 is 9.46 Å². The number of hydrogen-bond donors (Lipinski definition) is 1. The third kappa shape index (κ3) is 4.96. The maximum atomic E-state index is 12.5. The maximum Gasteiger partial charge on any atom is 0.338 e. The average molecular weight is 428 g/mol. The Morgan fingerprint density at radius 3 is 2.36 bits per heavy atom. The molecule has 0 amide bonds. The van der Waals surface area contributed by atoms with E-state index in [9.17, 15) is 13.2 Å². The summed E-state index contributed by atoms with van der Waals surface area (Å²) in [4.78, 5) is 11.7. The van der Waals surface area contributed by atoms with Crippen molar-refractivity contribution in [2.75, 3.05) is 17.9 Å². The van der Waals surface area contributed by atoms with Gasteiger partial charge in [0.05, 0.1) is 28.1 Å². The van der Waals surface area contributed by atoms with E-state index in [1.54, 1.807) is 13.0 Å². The third-order valence-corrected chi connectivity index (χ3v) is 5.20. The van der Waals surface area contributed by atoms with E-state index in [1.165, 1.54) is 36.4 Å². The smallest absolute Gasteiger partial charge is 0.338 e. The lowest BCUT2D eigenvalue weighted by Gasteiger charge is -2.11. The Morgan fingerprint density at radius 2 is 1.76 bits per heavy atom. The molecule has 8 heteroatoms. The lowest BCUT2D eigenvalue weighted by molar-refractivity contribution is 0.0526. The second kappa shape index (κ2) is 8.35. The number of sulfonamides is 1. The van der Waals surface area contributed by atoms with Gasteiger partial charge in [-0.05, 0) is 66.2 Å². The molecule has 0 atom stereocenters. The second-order valence-corrected chi connectivity index (χ2v) is 7.47. The predicted molar refractivity (Wildman–Crippen MR) is 98.5 cm³/mol. The van der Waals surface area contributed by atoms with E-state index >= 15 is 0 Å². The minimum Gasteiger partial charge on any atom is -0.493 e. The molecular weight excluding hydrogens is 410 g/mol. The van der Waals surface area contributed by atoms with Crippen molar-refractivity contribution >= 4 is 37.6 Å². The summed E-state index contributed by atoms with van der Waals surface area (Å²) >= 11 is 3.32. The van der Waals surface area contributed by atoms with Gasteiger partial charge in [0.1, 0.15) is 5.75 Å². The van der Waals surface area contributed by atoms with Gasteiger partial charge in [0, 0.05) is 11.8 Å². The number of hydrogen-bond acceptors (Lipinski definition) is 5. The van der Waals surface area contributed by atoms with Gasteiger partial charge in [-0.15, -0.1) is 0 Å². The molecule has 2 aromatic carbocycles. The SMILES string of the molecule is CCOC(=O)c1ccc(NS(=O)(=O)c2ccc(Br)c(OCC)c2)cc1. The van der Waals surface area contributed by atoms with E-state index in [2.05, 4.69) is 20.7 Å². The molecule has 0 unspecified atom stereocenters. The lowest BCUT2D eigenvalue weighted by atomic mass is 10.2. The number of carbonyl (C=O) groups excluding carboxylic acids is 1. The van der Waals surface area contributed by atoms with Crippen LogP contribution >= 0.6 is 15.9 Å². The van der Waals surface area contributed by atoms with Gasteiger partial charge in [0.25, 0.3) is 10.0 Å². The van der Waals surface area contributed by atoms with Crippen LogP contribution in [0.25, 0.3) is 0 Å². The Kier molecular flexibility index (Phi) is 6.44. The zero-order valence-corrected chi connectivity index (χ0v) is 16.2. The molecule has 134 valence electrons. The van der Waals surface area contributed by atoms with Gasteiger partial charge in [-0.2, -0.15) is 0 Å². The van der Waals surface area contributed by atoms with Crippen molar-refractivity contribution in [3.8, 4) is 5.75 Å². The van der Waals surface area contributed by atoms with E-state index in [-0.39, 0.29) is 11.5 Å². The average Bonchev–Trinajstić information content (AvgIpc) is 2.57. The van der Waals surface area contributed by atoms with Crippen LogP contribution in [-0.2, 0) is 14.8 Å². The molecule has 0 spiro atoms. The molecule has 0 radical (unpaired) electrons. The summed E-state index contributed by atoms with van der Waals surface area (Å²) in [6.07, 6.45) is 0. The number of halogens is 1. The van der Waals surface area contributed by atoms with E-state index < -0.39 is 16.0 Å². The molecule has 2 rings (SSSR count). The molecule has 0 saturated heterocycles. The lowest BCUT2D eigenvalue weighted by Crippen LogP contribution is -2.13. The number of anilines is 1. The Hall–Kier alpha value is -2.06. The van der Waals surface area contributed by atoms with Gasteiger partial charge in [-0.25, -0.2) is 13.2 Å². The quantitative estimate of drug-likeness (QED) is 0.678. The third-order valence-electron chi connectivity index (χ3n) is 3.16. The molecule has 0 aliphatic rings. The molecule has 2 aromatic rings. The van der Waals surface area contributed by atoms with E-state index in [0.29, 0.717) is 28.1 Å². The normalized spacial score (nSPS) is 11.0. The molecule has 6 nitrogen and oxygen atoms in total. The van der Waals surface area contributed by atoms with Crippen LogP contribution in [0, 0.1) is 0 Å². The molecule has 0 saturated carbocycles. The number of ether oxygens (including phenoxy) is 2. The number of carbonyl (C=O) groups is 1. The molecule has 0 bridgehead atoms. The largest absolute Gasteiger partial charge is 0.493 e. The monoisotopic (exact) mass is 427 g/mol. The summed E-state index contributed by atoms with van der Waals surface area (Å²) in [5.74, 6) is -0.00536. The van der Waals surface area contributed by atoms with Crippen molar-refractivity contribution in [1.82, 2.24) is 0 Å². The molecule has 0 fully saturated rings. The fourth-order valence-electron chi connectivity index (χ4n) is 2.02. The maximum absolute atomic E-state index is 12.5. The highest BCUT2D eigenvalue weighted by atomic mass is 79.9. The predicted octanol–water partition coefficient (Wildman–Crippen LogP) is 3.83. The highest BCUT2D eigenvalue weighted by molar-refractivity contribution is 9.10. The van der Waals surface area contributed by atoms with Gasteiger partial charge in [0.15, 0.2) is 0 Å². The van der Waals surface area contributed by atoms with Gasteiger partial charge in [0.2, 0.25) is 0 Å². The Balaban J connectivity index is 2.21. The first-order chi connectivity index (χ1) is 11.9.